The zero-order valence-corrected chi connectivity index (χ0v) is 15.1. The van der Waals surface area contributed by atoms with Crippen molar-refractivity contribution in [3.63, 3.8) is 0 Å². The van der Waals surface area contributed by atoms with Gasteiger partial charge >= 0.3 is 6.09 Å². The van der Waals surface area contributed by atoms with Crippen LogP contribution in [0.2, 0.25) is 10.0 Å². The minimum atomic E-state index is -0.597. The number of rotatable bonds is 3. The van der Waals surface area contributed by atoms with Crippen molar-refractivity contribution in [3.05, 3.63) is 22.2 Å². The van der Waals surface area contributed by atoms with Gasteiger partial charge in [-0.3, -0.25) is 5.32 Å². The van der Waals surface area contributed by atoms with Crippen LogP contribution in [0.5, 0.6) is 5.75 Å². The van der Waals surface area contributed by atoms with Gasteiger partial charge in [0.25, 0.3) is 0 Å². The number of ether oxygens (including phenoxy) is 1. The van der Waals surface area contributed by atoms with Crippen LogP contribution in [-0.2, 0) is 4.74 Å². The van der Waals surface area contributed by atoms with Gasteiger partial charge in [0.15, 0.2) is 5.75 Å². The van der Waals surface area contributed by atoms with E-state index in [1.165, 1.54) is 18.6 Å². The predicted octanol–water partition coefficient (Wildman–Crippen LogP) is 5.71. The van der Waals surface area contributed by atoms with Gasteiger partial charge in [0, 0.05) is 5.02 Å². The molecule has 1 saturated carbocycles. The van der Waals surface area contributed by atoms with Gasteiger partial charge in [-0.15, -0.1) is 0 Å². The zero-order valence-electron chi connectivity index (χ0n) is 13.6. The van der Waals surface area contributed by atoms with Crippen LogP contribution in [0.1, 0.15) is 40.0 Å². The smallest absolute Gasteiger partial charge is 0.412 e. The Labute approximate surface area is 147 Å². The van der Waals surface area contributed by atoms with E-state index < -0.39 is 6.09 Å². The molecule has 3 atom stereocenters. The van der Waals surface area contributed by atoms with E-state index in [4.69, 9.17) is 27.9 Å². The summed E-state index contributed by atoms with van der Waals surface area (Å²) in [5.74, 6) is 1.25. The SMILES string of the molecule is CC(C)[C@@H]1CC[C@@H](C)[C@@H](OC(=O)Nc2cc(Cl)cc(Cl)c2O)C1. The van der Waals surface area contributed by atoms with Crippen molar-refractivity contribution >= 4 is 35.0 Å². The molecule has 1 amide bonds. The molecule has 1 aromatic rings. The largest absolute Gasteiger partial charge is 0.504 e. The number of hydrogen-bond donors (Lipinski definition) is 2. The molecule has 1 fully saturated rings. The molecule has 4 nitrogen and oxygen atoms in total. The van der Waals surface area contributed by atoms with Crippen LogP contribution in [0.4, 0.5) is 10.5 Å². The standard InChI is InChI=1S/C17H23Cl2NO3/c1-9(2)11-5-4-10(3)15(6-11)23-17(22)20-14-8-12(18)7-13(19)16(14)21/h7-11,15,21H,4-6H2,1-3H3,(H,20,22)/t10-,11-,15+/m1/s1. The van der Waals surface area contributed by atoms with Crippen molar-refractivity contribution < 1.29 is 14.6 Å². The van der Waals surface area contributed by atoms with Gasteiger partial charge in [0.05, 0.1) is 10.7 Å². The quantitative estimate of drug-likeness (QED) is 0.679. The van der Waals surface area contributed by atoms with E-state index in [9.17, 15) is 9.90 Å². The van der Waals surface area contributed by atoms with Crippen molar-refractivity contribution in [1.29, 1.82) is 0 Å². The number of nitrogens with one attached hydrogen (secondary N) is 1. The first-order valence-corrected chi connectivity index (χ1v) is 8.69. The lowest BCUT2D eigenvalue weighted by atomic mass is 9.76. The minimum absolute atomic E-state index is 0.0821. The molecule has 1 aromatic carbocycles. The maximum absolute atomic E-state index is 12.1. The Bertz CT molecular complexity index is 577. The number of carbonyl (C=O) groups is 1. The molecule has 0 aliphatic heterocycles. The van der Waals surface area contributed by atoms with E-state index in [0.29, 0.717) is 22.8 Å². The highest BCUT2D eigenvalue weighted by Crippen LogP contribution is 2.37. The number of carbonyl (C=O) groups excluding carboxylic acids is 1. The van der Waals surface area contributed by atoms with E-state index in [1.807, 2.05) is 0 Å². The lowest BCUT2D eigenvalue weighted by Gasteiger charge is -2.35. The number of benzene rings is 1. The molecule has 1 aliphatic rings. The van der Waals surface area contributed by atoms with Crippen molar-refractivity contribution in [1.82, 2.24) is 0 Å². The number of phenols is 1. The molecular weight excluding hydrogens is 337 g/mol. The van der Waals surface area contributed by atoms with Gasteiger partial charge in [0.1, 0.15) is 6.10 Å². The lowest BCUT2D eigenvalue weighted by molar-refractivity contribution is 0.0246. The molecule has 23 heavy (non-hydrogen) atoms. The van der Waals surface area contributed by atoms with Crippen molar-refractivity contribution in [2.75, 3.05) is 5.32 Å². The summed E-state index contributed by atoms with van der Waals surface area (Å²) in [5, 5.41) is 12.8. The van der Waals surface area contributed by atoms with Crippen LogP contribution in [0, 0.1) is 17.8 Å². The maximum atomic E-state index is 12.1. The summed E-state index contributed by atoms with van der Waals surface area (Å²) in [6.07, 6.45) is 2.38. The molecule has 128 valence electrons. The summed E-state index contributed by atoms with van der Waals surface area (Å²) in [6, 6.07) is 2.84. The molecule has 0 aromatic heterocycles. The van der Waals surface area contributed by atoms with Crippen LogP contribution in [0.15, 0.2) is 12.1 Å². The maximum Gasteiger partial charge on any atom is 0.412 e. The Morgan fingerprint density at radius 3 is 2.70 bits per heavy atom. The van der Waals surface area contributed by atoms with Crippen molar-refractivity contribution in [2.24, 2.45) is 17.8 Å². The van der Waals surface area contributed by atoms with Crippen molar-refractivity contribution in [3.8, 4) is 5.75 Å². The number of amides is 1. The van der Waals surface area contributed by atoms with Crippen LogP contribution in [-0.4, -0.2) is 17.3 Å². The van der Waals surface area contributed by atoms with Crippen molar-refractivity contribution in [2.45, 2.75) is 46.1 Å². The first kappa shape index (κ1) is 18.2. The van der Waals surface area contributed by atoms with E-state index >= 15 is 0 Å². The summed E-state index contributed by atoms with van der Waals surface area (Å²) >= 11 is 11.7. The molecule has 0 spiro atoms. The summed E-state index contributed by atoms with van der Waals surface area (Å²) in [4.78, 5) is 12.1. The highest BCUT2D eigenvalue weighted by molar-refractivity contribution is 6.36. The topological polar surface area (TPSA) is 58.6 Å². The molecule has 0 saturated heterocycles. The fourth-order valence-electron chi connectivity index (χ4n) is 3.02. The third kappa shape index (κ3) is 4.67. The van der Waals surface area contributed by atoms with E-state index in [0.717, 1.165) is 12.8 Å². The fourth-order valence-corrected chi connectivity index (χ4v) is 3.51. The average Bonchev–Trinajstić information content (AvgIpc) is 2.46. The summed E-state index contributed by atoms with van der Waals surface area (Å²) in [7, 11) is 0. The molecule has 6 heteroatoms. The molecule has 1 aliphatic carbocycles. The molecule has 0 heterocycles. The second-order valence-electron chi connectivity index (χ2n) is 6.65. The molecule has 0 unspecified atom stereocenters. The number of aromatic hydroxyl groups is 1. The van der Waals surface area contributed by atoms with E-state index in [-0.39, 0.29) is 22.6 Å². The minimum Gasteiger partial charge on any atom is -0.504 e. The molecule has 0 radical (unpaired) electrons. The molecular formula is C17H23Cl2NO3. The fraction of sp³-hybridized carbons (Fsp3) is 0.588. The third-order valence-corrected chi connectivity index (χ3v) is 5.13. The Hall–Kier alpha value is -1.13. The van der Waals surface area contributed by atoms with Gasteiger partial charge in [-0.25, -0.2) is 4.79 Å². The number of halogens is 2. The Morgan fingerprint density at radius 2 is 2.04 bits per heavy atom. The first-order chi connectivity index (χ1) is 10.8. The van der Waals surface area contributed by atoms with Gasteiger partial charge < -0.3 is 9.84 Å². The second kappa shape index (κ2) is 7.63. The second-order valence-corrected chi connectivity index (χ2v) is 7.49. The number of phenolic OH excluding ortho intramolecular Hbond substituents is 1. The summed E-state index contributed by atoms with van der Waals surface area (Å²) in [6.45, 7) is 6.50. The van der Waals surface area contributed by atoms with Gasteiger partial charge in [-0.1, -0.05) is 44.0 Å². The average molecular weight is 360 g/mol. The van der Waals surface area contributed by atoms with Crippen LogP contribution in [0.25, 0.3) is 0 Å². The third-order valence-electron chi connectivity index (χ3n) is 4.63. The van der Waals surface area contributed by atoms with Crippen LogP contribution in [0.3, 0.4) is 0 Å². The molecule has 2 rings (SSSR count). The van der Waals surface area contributed by atoms with E-state index in [1.54, 1.807) is 0 Å². The Morgan fingerprint density at radius 1 is 1.35 bits per heavy atom. The monoisotopic (exact) mass is 359 g/mol. The predicted molar refractivity (Wildman–Crippen MR) is 93.4 cm³/mol. The summed E-state index contributed by atoms with van der Waals surface area (Å²) < 4.78 is 5.58. The van der Waals surface area contributed by atoms with Crippen LogP contribution < -0.4 is 5.32 Å². The highest BCUT2D eigenvalue weighted by Gasteiger charge is 2.32. The van der Waals surface area contributed by atoms with E-state index in [2.05, 4.69) is 26.1 Å². The number of anilines is 1. The lowest BCUT2D eigenvalue weighted by Crippen LogP contribution is -2.35. The summed E-state index contributed by atoms with van der Waals surface area (Å²) in [5.41, 5.74) is 0.149. The first-order valence-electron chi connectivity index (χ1n) is 7.93. The Balaban J connectivity index is 2.01. The molecule has 2 N–H and O–H groups in total. The highest BCUT2D eigenvalue weighted by atomic mass is 35.5. The van der Waals surface area contributed by atoms with Crippen LogP contribution >= 0.6 is 23.2 Å². The molecule has 0 bridgehead atoms. The van der Waals surface area contributed by atoms with Gasteiger partial charge in [-0.2, -0.15) is 0 Å². The zero-order chi connectivity index (χ0) is 17.1. The van der Waals surface area contributed by atoms with Gasteiger partial charge in [0.2, 0.25) is 0 Å². The normalized spacial score (nSPS) is 24.5. The number of hydrogen-bond acceptors (Lipinski definition) is 3. The van der Waals surface area contributed by atoms with Gasteiger partial charge in [-0.05, 0) is 49.1 Å². The Kier molecular flexibility index (Phi) is 6.04.